The molecule has 1 amide bonds. The van der Waals surface area contributed by atoms with Crippen LogP contribution in [0, 0.1) is 0 Å². The third kappa shape index (κ3) is 5.04. The monoisotopic (exact) mass is 339 g/mol. The van der Waals surface area contributed by atoms with Crippen molar-refractivity contribution in [3.63, 3.8) is 0 Å². The van der Waals surface area contributed by atoms with Crippen molar-refractivity contribution in [2.24, 2.45) is 0 Å². The van der Waals surface area contributed by atoms with Gasteiger partial charge in [-0.1, -0.05) is 6.07 Å². The number of rotatable bonds is 7. The minimum Gasteiger partial charge on any atom is -0.465 e. The molecule has 1 N–H and O–H groups in total. The van der Waals surface area contributed by atoms with E-state index in [-0.39, 0.29) is 30.2 Å². The number of esters is 1. The normalized spacial score (nSPS) is 10.5. The molecule has 0 radical (unpaired) electrons. The maximum Gasteiger partial charge on any atom is 0.387 e. The van der Waals surface area contributed by atoms with E-state index in [0.717, 1.165) is 0 Å². The molecule has 2 rings (SSSR count). The SMILES string of the molecule is COC(=O)c1cnn(CCC(=O)Nc2cccc(OC(F)F)c2)c1. The van der Waals surface area contributed by atoms with Crippen LogP contribution in [0.1, 0.15) is 16.8 Å². The topological polar surface area (TPSA) is 82.5 Å². The number of nitrogens with one attached hydrogen (secondary N) is 1. The lowest BCUT2D eigenvalue weighted by Gasteiger charge is -2.08. The smallest absolute Gasteiger partial charge is 0.387 e. The largest absolute Gasteiger partial charge is 0.465 e. The molecule has 128 valence electrons. The molecule has 9 heteroatoms. The van der Waals surface area contributed by atoms with Gasteiger partial charge in [-0.05, 0) is 12.1 Å². The van der Waals surface area contributed by atoms with Crippen LogP contribution in [-0.2, 0) is 16.1 Å². The quantitative estimate of drug-likeness (QED) is 0.783. The van der Waals surface area contributed by atoms with Crippen LogP contribution in [0.25, 0.3) is 0 Å². The van der Waals surface area contributed by atoms with Gasteiger partial charge in [-0.15, -0.1) is 0 Å². The number of alkyl halides is 2. The molecule has 0 fully saturated rings. The summed E-state index contributed by atoms with van der Waals surface area (Å²) in [5.74, 6) is -0.890. The van der Waals surface area contributed by atoms with Crippen LogP contribution in [0.2, 0.25) is 0 Å². The van der Waals surface area contributed by atoms with Crippen LogP contribution in [-0.4, -0.2) is 35.4 Å². The molecule has 2 aromatic rings. The Morgan fingerprint density at radius 2 is 2.17 bits per heavy atom. The fraction of sp³-hybridized carbons (Fsp3) is 0.267. The number of aryl methyl sites for hydroxylation is 1. The van der Waals surface area contributed by atoms with Crippen molar-refractivity contribution in [2.75, 3.05) is 12.4 Å². The van der Waals surface area contributed by atoms with Gasteiger partial charge in [0.05, 0.1) is 18.9 Å². The van der Waals surface area contributed by atoms with Crippen molar-refractivity contribution in [3.05, 3.63) is 42.2 Å². The van der Waals surface area contributed by atoms with E-state index in [9.17, 15) is 18.4 Å². The minimum absolute atomic E-state index is 0.0439. The highest BCUT2D eigenvalue weighted by Crippen LogP contribution is 2.19. The second kappa shape index (κ2) is 8.04. The molecule has 0 spiro atoms. The van der Waals surface area contributed by atoms with Crippen LogP contribution >= 0.6 is 0 Å². The van der Waals surface area contributed by atoms with Gasteiger partial charge in [0.25, 0.3) is 0 Å². The van der Waals surface area contributed by atoms with Crippen LogP contribution in [0.5, 0.6) is 5.75 Å². The van der Waals surface area contributed by atoms with Crippen LogP contribution in [0.15, 0.2) is 36.7 Å². The lowest BCUT2D eigenvalue weighted by molar-refractivity contribution is -0.116. The third-order valence-corrected chi connectivity index (χ3v) is 2.97. The van der Waals surface area contributed by atoms with Crippen molar-refractivity contribution in [1.82, 2.24) is 9.78 Å². The number of carbonyl (C=O) groups excluding carboxylic acids is 2. The van der Waals surface area contributed by atoms with E-state index >= 15 is 0 Å². The zero-order valence-electron chi connectivity index (χ0n) is 12.7. The first-order valence-electron chi connectivity index (χ1n) is 6.93. The first-order valence-corrected chi connectivity index (χ1v) is 6.93. The summed E-state index contributed by atoms with van der Waals surface area (Å²) in [7, 11) is 1.26. The maximum absolute atomic E-state index is 12.2. The number of carbonyl (C=O) groups is 2. The van der Waals surface area contributed by atoms with E-state index in [1.165, 1.54) is 42.4 Å². The number of benzene rings is 1. The summed E-state index contributed by atoms with van der Waals surface area (Å²) >= 11 is 0. The Balaban J connectivity index is 1.87. The van der Waals surface area contributed by atoms with E-state index in [4.69, 9.17) is 0 Å². The molecule has 0 aliphatic heterocycles. The lowest BCUT2D eigenvalue weighted by Crippen LogP contribution is -2.15. The molecule has 24 heavy (non-hydrogen) atoms. The number of anilines is 1. The number of nitrogens with zero attached hydrogens (tertiary/aromatic N) is 2. The molecule has 0 aliphatic carbocycles. The third-order valence-electron chi connectivity index (χ3n) is 2.97. The van der Waals surface area contributed by atoms with Gasteiger partial charge in [-0.2, -0.15) is 13.9 Å². The van der Waals surface area contributed by atoms with E-state index in [1.807, 2.05) is 0 Å². The van der Waals surface area contributed by atoms with Gasteiger partial charge in [0.1, 0.15) is 5.75 Å². The summed E-state index contributed by atoms with van der Waals surface area (Å²) in [4.78, 5) is 23.2. The second-order valence-electron chi connectivity index (χ2n) is 4.69. The summed E-state index contributed by atoms with van der Waals surface area (Å²) in [6, 6.07) is 5.70. The number of hydrogen-bond acceptors (Lipinski definition) is 5. The Bertz CT molecular complexity index is 718. The van der Waals surface area contributed by atoms with Crippen molar-refractivity contribution in [2.45, 2.75) is 19.6 Å². The van der Waals surface area contributed by atoms with Crippen molar-refractivity contribution >= 4 is 17.6 Å². The molecule has 1 heterocycles. The van der Waals surface area contributed by atoms with Crippen molar-refractivity contribution in [1.29, 1.82) is 0 Å². The maximum atomic E-state index is 12.2. The number of amides is 1. The van der Waals surface area contributed by atoms with Crippen LogP contribution in [0.4, 0.5) is 14.5 Å². The average molecular weight is 339 g/mol. The van der Waals surface area contributed by atoms with E-state index in [0.29, 0.717) is 5.69 Å². The molecule has 0 saturated heterocycles. The summed E-state index contributed by atoms with van der Waals surface area (Å²) < 4.78 is 34.6. The predicted molar refractivity (Wildman–Crippen MR) is 79.9 cm³/mol. The van der Waals surface area contributed by atoms with Crippen LogP contribution < -0.4 is 10.1 Å². The van der Waals surface area contributed by atoms with Gasteiger partial charge in [0.2, 0.25) is 5.91 Å². The molecule has 0 unspecified atom stereocenters. The molecule has 1 aromatic heterocycles. The average Bonchev–Trinajstić information content (AvgIpc) is 3.01. The Morgan fingerprint density at radius 3 is 2.88 bits per heavy atom. The van der Waals surface area contributed by atoms with Gasteiger partial charge in [-0.3, -0.25) is 9.48 Å². The van der Waals surface area contributed by atoms with Gasteiger partial charge >= 0.3 is 12.6 Å². The summed E-state index contributed by atoms with van der Waals surface area (Å²) in [6.07, 6.45) is 2.90. The zero-order chi connectivity index (χ0) is 17.5. The van der Waals surface area contributed by atoms with Gasteiger partial charge in [0, 0.05) is 30.9 Å². The number of halogens is 2. The molecular weight excluding hydrogens is 324 g/mol. The molecule has 0 aliphatic rings. The number of aromatic nitrogens is 2. The molecular formula is C15H15F2N3O4. The number of methoxy groups -OCH3 is 1. The van der Waals surface area contributed by atoms with Crippen molar-refractivity contribution in [3.8, 4) is 5.75 Å². The van der Waals surface area contributed by atoms with E-state index < -0.39 is 12.6 Å². The number of hydrogen-bond donors (Lipinski definition) is 1. The van der Waals surface area contributed by atoms with Gasteiger partial charge in [-0.25, -0.2) is 4.79 Å². The second-order valence-corrected chi connectivity index (χ2v) is 4.69. The molecule has 7 nitrogen and oxygen atoms in total. The fourth-order valence-electron chi connectivity index (χ4n) is 1.90. The lowest BCUT2D eigenvalue weighted by atomic mass is 10.3. The first-order chi connectivity index (χ1) is 11.5. The summed E-state index contributed by atoms with van der Waals surface area (Å²) in [6.45, 7) is -2.68. The Hall–Kier alpha value is -2.97. The highest BCUT2D eigenvalue weighted by atomic mass is 19.3. The first kappa shape index (κ1) is 17.4. The molecule has 1 aromatic carbocycles. The Kier molecular flexibility index (Phi) is 5.83. The standard InChI is InChI=1S/C15H15F2N3O4/c1-23-14(22)10-8-18-20(9-10)6-5-13(21)19-11-3-2-4-12(7-11)24-15(16)17/h2-4,7-9,15H,5-6H2,1H3,(H,19,21). The Labute approximate surface area is 136 Å². The van der Waals surface area contributed by atoms with Gasteiger partial charge in [0.15, 0.2) is 0 Å². The Morgan fingerprint density at radius 1 is 1.38 bits per heavy atom. The highest BCUT2D eigenvalue weighted by molar-refractivity contribution is 5.91. The highest BCUT2D eigenvalue weighted by Gasteiger charge is 2.10. The summed E-state index contributed by atoms with van der Waals surface area (Å²) in [5, 5.41) is 6.51. The van der Waals surface area contributed by atoms with Crippen molar-refractivity contribution < 1.29 is 27.8 Å². The molecule has 0 saturated carbocycles. The number of ether oxygens (including phenoxy) is 2. The zero-order valence-corrected chi connectivity index (χ0v) is 12.7. The molecule has 0 bridgehead atoms. The summed E-state index contributed by atoms with van der Waals surface area (Å²) in [5.41, 5.74) is 0.628. The predicted octanol–water partition coefficient (Wildman–Crippen LogP) is 2.30. The molecule has 0 atom stereocenters. The van der Waals surface area contributed by atoms with Gasteiger partial charge < -0.3 is 14.8 Å². The van der Waals surface area contributed by atoms with E-state index in [2.05, 4.69) is 19.9 Å². The van der Waals surface area contributed by atoms with Crippen LogP contribution in [0.3, 0.4) is 0 Å². The van der Waals surface area contributed by atoms with E-state index in [1.54, 1.807) is 6.07 Å². The fourth-order valence-corrected chi connectivity index (χ4v) is 1.90. The minimum atomic E-state index is -2.93.